The molecule has 0 aromatic heterocycles. The number of para-hydroxylation sites is 1. The van der Waals surface area contributed by atoms with Crippen molar-refractivity contribution in [3.63, 3.8) is 0 Å². The van der Waals surface area contributed by atoms with Gasteiger partial charge in [0, 0.05) is 0 Å². The molecule has 0 fully saturated rings. The SMILES string of the molecule is O=C([N-]c1ccccc1)c1c(F)c(F)c(F)c(F)c1F.[CH3-].[Cl][Ir+2]. The second kappa shape index (κ2) is 9.60. The van der Waals surface area contributed by atoms with Crippen LogP contribution in [0, 0.1) is 36.5 Å². The summed E-state index contributed by atoms with van der Waals surface area (Å²) < 4.78 is 65.4. The Morgan fingerprint density at radius 2 is 1.22 bits per heavy atom. The van der Waals surface area contributed by atoms with Crippen LogP contribution < -0.4 is 0 Å². The summed E-state index contributed by atoms with van der Waals surface area (Å²) in [7, 11) is 4.64. The van der Waals surface area contributed by atoms with Crippen molar-refractivity contribution in [2.75, 3.05) is 0 Å². The quantitative estimate of drug-likeness (QED) is 0.223. The molecule has 0 unspecified atom stereocenters. The molecule has 2 nitrogen and oxygen atoms in total. The fourth-order valence-corrected chi connectivity index (χ4v) is 1.47. The van der Waals surface area contributed by atoms with Crippen LogP contribution in [0.4, 0.5) is 27.6 Å². The van der Waals surface area contributed by atoms with Crippen molar-refractivity contribution in [2.45, 2.75) is 0 Å². The van der Waals surface area contributed by atoms with Crippen LogP contribution in [0.5, 0.6) is 0 Å². The van der Waals surface area contributed by atoms with E-state index in [2.05, 4.69) is 14.9 Å². The maximum atomic E-state index is 13.4. The Kier molecular flexibility index (Phi) is 8.97. The van der Waals surface area contributed by atoms with E-state index in [1.807, 2.05) is 0 Å². The number of hydrogen-bond acceptors (Lipinski definition) is 1. The average molecular weight is 529 g/mol. The van der Waals surface area contributed by atoms with Gasteiger partial charge in [0.05, 0.1) is 11.5 Å². The molecule has 0 saturated carbocycles. The topological polar surface area (TPSA) is 31.2 Å². The van der Waals surface area contributed by atoms with Gasteiger partial charge in [-0.25, -0.2) is 22.0 Å². The molecule has 0 saturated heterocycles. The minimum atomic E-state index is -2.32. The summed E-state index contributed by atoms with van der Waals surface area (Å²) in [4.78, 5) is 11.6. The molecule has 9 heteroatoms. The van der Waals surface area contributed by atoms with Gasteiger partial charge >= 0.3 is 27.5 Å². The molecular weight excluding hydrogens is 521 g/mol. The molecule has 0 bridgehead atoms. The first-order valence-corrected chi connectivity index (χ1v) is 8.35. The van der Waals surface area contributed by atoms with E-state index in [4.69, 9.17) is 0 Å². The third-order valence-electron chi connectivity index (χ3n) is 2.41. The second-order valence-electron chi connectivity index (χ2n) is 3.70. The maximum absolute atomic E-state index is 13.4. The number of amides is 1. The zero-order chi connectivity index (χ0) is 16.9. The van der Waals surface area contributed by atoms with E-state index in [0.29, 0.717) is 0 Å². The molecule has 0 aliphatic rings. The van der Waals surface area contributed by atoms with E-state index in [9.17, 15) is 26.7 Å². The zero-order valence-corrected chi connectivity index (χ0v) is 14.5. The number of carbonyl (C=O) groups excluding carboxylic acids is 1. The van der Waals surface area contributed by atoms with Gasteiger partial charge in [-0.15, -0.1) is 5.69 Å². The van der Waals surface area contributed by atoms with Gasteiger partial charge in [-0.05, 0) is 0 Å². The summed E-state index contributed by atoms with van der Waals surface area (Å²) in [6.07, 6.45) is 0. The first-order valence-electron chi connectivity index (χ1n) is 5.38. The summed E-state index contributed by atoms with van der Waals surface area (Å²) in [6.45, 7) is 0. The van der Waals surface area contributed by atoms with Crippen LogP contribution in [0.15, 0.2) is 30.3 Å². The van der Waals surface area contributed by atoms with Crippen molar-refractivity contribution in [1.82, 2.24) is 0 Å². The van der Waals surface area contributed by atoms with Gasteiger partial charge < -0.3 is 17.5 Å². The van der Waals surface area contributed by atoms with Gasteiger partial charge in [-0.2, -0.15) is 0 Å². The van der Waals surface area contributed by atoms with E-state index in [1.54, 1.807) is 6.07 Å². The second-order valence-corrected chi connectivity index (χ2v) is 3.70. The van der Waals surface area contributed by atoms with Gasteiger partial charge in [0.1, 0.15) is 0 Å². The standard InChI is InChI=1S/C13H6F5NO.CH3.ClH.Ir/c14-8-7(9(15)11(17)12(18)10(8)16)13(20)19-6-4-2-1-3-5-6;;;/h1-5H,(H,19,20);1H3;1H;/q;-1;;+3/p-2. The summed E-state index contributed by atoms with van der Waals surface area (Å²) in [5, 5.41) is 3.29. The minimum absolute atomic E-state index is 0. The summed E-state index contributed by atoms with van der Waals surface area (Å²) in [5.41, 5.74) is -1.55. The fourth-order valence-electron chi connectivity index (χ4n) is 1.47. The molecule has 126 valence electrons. The third-order valence-corrected chi connectivity index (χ3v) is 2.41. The average Bonchev–Trinajstić information content (AvgIpc) is 2.54. The molecule has 0 N–H and O–H groups in total. The molecule has 0 radical (unpaired) electrons. The Bertz CT molecular complexity index is 656. The normalized spacial score (nSPS) is 9.35. The van der Waals surface area contributed by atoms with Crippen molar-refractivity contribution in [3.8, 4) is 0 Å². The molecule has 2 rings (SSSR count). The van der Waals surface area contributed by atoms with Crippen molar-refractivity contribution in [2.24, 2.45) is 0 Å². The number of hydrogen-bond donors (Lipinski definition) is 0. The van der Waals surface area contributed by atoms with Crippen molar-refractivity contribution in [3.05, 3.63) is 77.7 Å². The van der Waals surface area contributed by atoms with Crippen LogP contribution in [0.3, 0.4) is 0 Å². The first kappa shape index (κ1) is 21.5. The van der Waals surface area contributed by atoms with Crippen molar-refractivity contribution >= 4 is 21.2 Å². The van der Waals surface area contributed by atoms with E-state index in [0.717, 1.165) is 0 Å². The molecule has 0 aliphatic carbocycles. The molecule has 0 heterocycles. The number of rotatable bonds is 2. The monoisotopic (exact) mass is 529 g/mol. The molecule has 23 heavy (non-hydrogen) atoms. The zero-order valence-electron chi connectivity index (χ0n) is 11.3. The Morgan fingerprint density at radius 1 is 0.826 bits per heavy atom. The molecule has 1 amide bonds. The summed E-state index contributed by atoms with van der Waals surface area (Å²) >= 11 is 1.47. The molecule has 0 atom stereocenters. The Labute approximate surface area is 143 Å². The van der Waals surface area contributed by atoms with Crippen molar-refractivity contribution < 1.29 is 44.6 Å². The van der Waals surface area contributed by atoms with Gasteiger partial charge in [0.15, 0.2) is 23.3 Å². The van der Waals surface area contributed by atoms with Crippen LogP contribution in [0.1, 0.15) is 10.4 Å². The molecular formula is C14H8ClF5IrNO. The predicted octanol–water partition coefficient (Wildman–Crippen LogP) is 5.36. The fraction of sp³-hybridized carbons (Fsp3) is 0. The van der Waals surface area contributed by atoms with Crippen LogP contribution in [0.25, 0.3) is 5.32 Å². The third kappa shape index (κ3) is 4.73. The summed E-state index contributed by atoms with van der Waals surface area (Å²) in [5.74, 6) is -12.6. The Morgan fingerprint density at radius 3 is 1.65 bits per heavy atom. The van der Waals surface area contributed by atoms with Gasteiger partial charge in [0.2, 0.25) is 5.82 Å². The van der Waals surface area contributed by atoms with E-state index < -0.39 is 40.6 Å². The Hall–Kier alpha value is -1.50. The van der Waals surface area contributed by atoms with E-state index in [1.165, 1.54) is 42.2 Å². The summed E-state index contributed by atoms with van der Waals surface area (Å²) in [6, 6.07) is 7.26. The van der Waals surface area contributed by atoms with Crippen molar-refractivity contribution in [1.29, 1.82) is 0 Å². The molecule has 0 spiro atoms. The molecule has 2 aromatic rings. The van der Waals surface area contributed by atoms with Gasteiger partial charge in [0.25, 0.3) is 0 Å². The number of nitrogens with zero attached hydrogens (tertiary/aromatic N) is 1. The van der Waals surface area contributed by atoms with Crippen LogP contribution in [-0.4, -0.2) is 5.91 Å². The number of benzene rings is 2. The molecule has 0 aliphatic heterocycles. The van der Waals surface area contributed by atoms with Crippen LogP contribution in [-0.2, 0) is 17.9 Å². The van der Waals surface area contributed by atoms with Crippen LogP contribution in [0.2, 0.25) is 0 Å². The predicted molar refractivity (Wildman–Crippen MR) is 72.3 cm³/mol. The molecule has 2 aromatic carbocycles. The Balaban J connectivity index is 0.00000155. The number of halogens is 6. The number of carbonyl (C=O) groups is 1. The first-order chi connectivity index (χ1) is 10.4. The van der Waals surface area contributed by atoms with E-state index >= 15 is 0 Å². The van der Waals surface area contributed by atoms with Gasteiger partial charge in [-0.3, -0.25) is 0 Å². The van der Waals surface area contributed by atoms with E-state index in [-0.39, 0.29) is 13.1 Å². The van der Waals surface area contributed by atoms with Gasteiger partial charge in [-0.1, -0.05) is 30.3 Å². The van der Waals surface area contributed by atoms with Crippen LogP contribution >= 0.6 is 9.58 Å².